The fraction of sp³-hybridized carbons (Fsp3) is 0. The lowest BCUT2D eigenvalue weighted by atomic mass is 10.1. The Labute approximate surface area is 230 Å². The number of hydrogen-bond acceptors (Lipinski definition) is 6. The van der Waals surface area contributed by atoms with E-state index >= 15 is 4.39 Å². The highest BCUT2D eigenvalue weighted by atomic mass is 19.1. The Bertz CT molecular complexity index is 2070. The predicted molar refractivity (Wildman–Crippen MR) is 150 cm³/mol. The van der Waals surface area contributed by atoms with E-state index in [0.717, 1.165) is 0 Å². The molecule has 0 aliphatic heterocycles. The highest BCUT2D eigenvalue weighted by Gasteiger charge is 2.22. The van der Waals surface area contributed by atoms with Crippen molar-refractivity contribution in [3.8, 4) is 34.0 Å². The summed E-state index contributed by atoms with van der Waals surface area (Å²) < 4.78 is 29.6. The van der Waals surface area contributed by atoms with E-state index in [0.29, 0.717) is 50.4 Å². The molecule has 7 aromatic rings. The van der Waals surface area contributed by atoms with Crippen LogP contribution in [0.5, 0.6) is 0 Å². The summed E-state index contributed by atoms with van der Waals surface area (Å²) in [5, 5.41) is 10.1. The number of carbonyl (C=O) groups is 1. The van der Waals surface area contributed by atoms with Crippen molar-refractivity contribution in [1.82, 2.24) is 35.1 Å². The Morgan fingerprint density at radius 2 is 1.63 bits per heavy atom. The van der Waals surface area contributed by atoms with Crippen LogP contribution in [0.4, 0.5) is 14.5 Å². The number of anilines is 1. The van der Waals surface area contributed by atoms with Gasteiger partial charge in [-0.3, -0.25) is 24.8 Å². The molecule has 0 spiro atoms. The van der Waals surface area contributed by atoms with E-state index in [1.54, 1.807) is 54.7 Å². The van der Waals surface area contributed by atoms with Crippen LogP contribution in [0.3, 0.4) is 0 Å². The van der Waals surface area contributed by atoms with E-state index in [1.165, 1.54) is 30.7 Å². The van der Waals surface area contributed by atoms with Crippen LogP contribution >= 0.6 is 0 Å². The number of halogens is 2. The number of imidazole rings is 1. The molecule has 0 saturated carbocycles. The van der Waals surface area contributed by atoms with E-state index in [9.17, 15) is 9.18 Å². The lowest BCUT2D eigenvalue weighted by molar-refractivity contribution is 0.102. The number of aromatic nitrogens is 7. The van der Waals surface area contributed by atoms with Crippen LogP contribution in [0.15, 0.2) is 91.5 Å². The first kappa shape index (κ1) is 24.2. The van der Waals surface area contributed by atoms with Crippen molar-refractivity contribution in [2.75, 3.05) is 5.32 Å². The van der Waals surface area contributed by atoms with Gasteiger partial charge >= 0.3 is 0 Å². The van der Waals surface area contributed by atoms with E-state index in [4.69, 9.17) is 0 Å². The van der Waals surface area contributed by atoms with Crippen LogP contribution in [0.2, 0.25) is 0 Å². The molecular formula is C30H18F2N8O. The second-order valence-corrected chi connectivity index (χ2v) is 9.21. The number of amides is 1. The third-order valence-corrected chi connectivity index (χ3v) is 6.59. The van der Waals surface area contributed by atoms with E-state index in [-0.39, 0.29) is 28.5 Å². The highest BCUT2D eigenvalue weighted by molar-refractivity contribution is 6.04. The minimum Gasteiger partial charge on any atom is -0.336 e. The normalized spacial score (nSPS) is 11.3. The topological polar surface area (TPSA) is 125 Å². The number of benzene rings is 2. The number of nitrogens with zero attached hydrogens (tertiary/aromatic N) is 5. The second kappa shape index (κ2) is 9.72. The first-order valence-corrected chi connectivity index (χ1v) is 12.5. The van der Waals surface area contributed by atoms with Crippen LogP contribution in [0.25, 0.3) is 56.0 Å². The zero-order valence-electron chi connectivity index (χ0n) is 21.1. The molecule has 0 fully saturated rings. The van der Waals surface area contributed by atoms with Crippen molar-refractivity contribution in [2.45, 2.75) is 0 Å². The van der Waals surface area contributed by atoms with E-state index in [1.807, 2.05) is 6.07 Å². The summed E-state index contributed by atoms with van der Waals surface area (Å²) in [6.45, 7) is 0. The van der Waals surface area contributed by atoms with Gasteiger partial charge in [-0.2, -0.15) is 5.10 Å². The summed E-state index contributed by atoms with van der Waals surface area (Å²) in [4.78, 5) is 33.4. The highest BCUT2D eigenvalue weighted by Crippen LogP contribution is 2.34. The van der Waals surface area contributed by atoms with Crippen LogP contribution < -0.4 is 5.32 Å². The minimum atomic E-state index is -0.628. The molecule has 0 atom stereocenters. The Hall–Kier alpha value is -5.84. The number of nitrogens with one attached hydrogen (secondary N) is 3. The summed E-state index contributed by atoms with van der Waals surface area (Å²) in [6, 6.07) is 18.0. The molecule has 0 radical (unpaired) electrons. The fourth-order valence-electron chi connectivity index (χ4n) is 4.64. The molecule has 3 N–H and O–H groups in total. The molecule has 5 aromatic heterocycles. The first-order chi connectivity index (χ1) is 20.0. The second-order valence-electron chi connectivity index (χ2n) is 9.21. The number of carbonyl (C=O) groups excluding carboxylic acids is 1. The summed E-state index contributed by atoms with van der Waals surface area (Å²) in [7, 11) is 0. The number of aromatic amines is 2. The largest absolute Gasteiger partial charge is 0.336 e. The van der Waals surface area contributed by atoms with E-state index in [2.05, 4.69) is 40.4 Å². The summed E-state index contributed by atoms with van der Waals surface area (Å²) in [5.41, 5.74) is 4.34. The lowest BCUT2D eigenvalue weighted by Crippen LogP contribution is -2.11. The summed E-state index contributed by atoms with van der Waals surface area (Å²) >= 11 is 0. The molecular weight excluding hydrogens is 526 g/mol. The van der Waals surface area contributed by atoms with Gasteiger partial charge in [0.25, 0.3) is 5.91 Å². The molecule has 198 valence electrons. The molecule has 2 aromatic carbocycles. The van der Waals surface area contributed by atoms with Gasteiger partial charge in [-0.25, -0.2) is 13.8 Å². The van der Waals surface area contributed by atoms with Crippen LogP contribution in [0.1, 0.15) is 10.4 Å². The van der Waals surface area contributed by atoms with Crippen LogP contribution in [-0.4, -0.2) is 41.0 Å². The van der Waals surface area contributed by atoms with Crippen molar-refractivity contribution >= 4 is 33.5 Å². The molecule has 1 amide bonds. The monoisotopic (exact) mass is 544 g/mol. The molecule has 5 heterocycles. The van der Waals surface area contributed by atoms with Crippen molar-refractivity contribution in [2.24, 2.45) is 0 Å². The maximum absolute atomic E-state index is 16.1. The van der Waals surface area contributed by atoms with Gasteiger partial charge in [0, 0.05) is 29.1 Å². The minimum absolute atomic E-state index is 0.0354. The first-order valence-electron chi connectivity index (χ1n) is 12.5. The van der Waals surface area contributed by atoms with Crippen molar-refractivity contribution < 1.29 is 13.6 Å². The zero-order chi connectivity index (χ0) is 27.9. The van der Waals surface area contributed by atoms with Gasteiger partial charge in [0.05, 0.1) is 40.2 Å². The average Bonchev–Trinajstić information content (AvgIpc) is 3.63. The molecule has 0 unspecified atom stereocenters. The predicted octanol–water partition coefficient (Wildman–Crippen LogP) is 6.16. The molecule has 0 bridgehead atoms. The standard InChI is InChI=1S/C30H18F2N8O/c31-19-8-6-16(7-9-19)26-27-21(10-11-34-26)37-29(38-27)28-23-22(39-40-28)15-35-25(24(23)32)18-12-20(14-33-13-18)36-30(41)17-4-2-1-3-5-17/h1-15H,(H,36,41)(H,37,38)(H,39,40). The lowest BCUT2D eigenvalue weighted by Gasteiger charge is -2.08. The quantitative estimate of drug-likeness (QED) is 0.239. The number of fused-ring (bicyclic) bond motifs is 2. The maximum Gasteiger partial charge on any atom is 0.255 e. The molecule has 7 rings (SSSR count). The molecule has 9 nitrogen and oxygen atoms in total. The molecule has 11 heteroatoms. The average molecular weight is 545 g/mol. The smallest absolute Gasteiger partial charge is 0.255 e. The summed E-state index contributed by atoms with van der Waals surface area (Å²) in [5.74, 6) is -0.978. The third-order valence-electron chi connectivity index (χ3n) is 6.59. The van der Waals surface area contributed by atoms with Crippen LogP contribution in [-0.2, 0) is 0 Å². The maximum atomic E-state index is 16.1. The van der Waals surface area contributed by atoms with Crippen molar-refractivity contribution in [3.05, 3.63) is 109 Å². The third kappa shape index (κ3) is 4.35. The summed E-state index contributed by atoms with van der Waals surface area (Å²) in [6.07, 6.45) is 6.04. The Balaban J connectivity index is 1.28. The van der Waals surface area contributed by atoms with Gasteiger partial charge in [0.1, 0.15) is 22.7 Å². The fourth-order valence-corrected chi connectivity index (χ4v) is 4.64. The van der Waals surface area contributed by atoms with Gasteiger partial charge in [-0.1, -0.05) is 18.2 Å². The van der Waals surface area contributed by atoms with Crippen molar-refractivity contribution in [1.29, 1.82) is 0 Å². The number of H-pyrrole nitrogens is 2. The van der Waals surface area contributed by atoms with Crippen LogP contribution in [0, 0.1) is 11.6 Å². The number of rotatable bonds is 5. The molecule has 0 aliphatic carbocycles. The van der Waals surface area contributed by atoms with Gasteiger partial charge in [0.15, 0.2) is 11.6 Å². The molecule has 0 saturated heterocycles. The van der Waals surface area contributed by atoms with Gasteiger partial charge in [-0.05, 0) is 48.5 Å². The Morgan fingerprint density at radius 1 is 0.805 bits per heavy atom. The van der Waals surface area contributed by atoms with Gasteiger partial charge in [0.2, 0.25) is 0 Å². The van der Waals surface area contributed by atoms with Gasteiger partial charge < -0.3 is 10.3 Å². The molecule has 0 aliphatic rings. The Morgan fingerprint density at radius 3 is 2.46 bits per heavy atom. The number of pyridine rings is 3. The Kier molecular flexibility index (Phi) is 5.74. The number of hydrogen-bond donors (Lipinski definition) is 3. The van der Waals surface area contributed by atoms with Gasteiger partial charge in [-0.15, -0.1) is 0 Å². The van der Waals surface area contributed by atoms with E-state index < -0.39 is 5.82 Å². The zero-order valence-corrected chi connectivity index (χ0v) is 21.1. The molecule has 41 heavy (non-hydrogen) atoms. The van der Waals surface area contributed by atoms with Crippen molar-refractivity contribution in [3.63, 3.8) is 0 Å². The SMILES string of the molecule is O=C(Nc1cncc(-c2ncc3[nH]nc(-c4nc5c(-c6ccc(F)cc6)nccc5[nH]4)c3c2F)c1)c1ccccc1.